The molecule has 0 bridgehead atoms. The maximum atomic E-state index is 9.24. The van der Waals surface area contributed by atoms with Crippen LogP contribution in [0.1, 0.15) is 24.0 Å². The lowest BCUT2D eigenvalue weighted by Crippen LogP contribution is -2.16. The van der Waals surface area contributed by atoms with Gasteiger partial charge < -0.3 is 14.8 Å². The fraction of sp³-hybridized carbons (Fsp3) is 0.263. The molecular formula is C19H17N3O2. The Bertz CT molecular complexity index is 767. The number of para-hydroxylation sites is 1. The van der Waals surface area contributed by atoms with Crippen molar-refractivity contribution >= 4 is 11.4 Å². The molecule has 0 spiro atoms. The van der Waals surface area contributed by atoms with E-state index in [1.54, 1.807) is 18.2 Å². The van der Waals surface area contributed by atoms with Gasteiger partial charge in [0.15, 0.2) is 0 Å². The van der Waals surface area contributed by atoms with Crippen molar-refractivity contribution in [3.8, 4) is 17.9 Å². The van der Waals surface area contributed by atoms with E-state index in [2.05, 4.69) is 17.5 Å². The fourth-order valence-electron chi connectivity index (χ4n) is 2.65. The monoisotopic (exact) mass is 319 g/mol. The minimum Gasteiger partial charge on any atom is -0.491 e. The molecule has 120 valence electrons. The zero-order valence-electron chi connectivity index (χ0n) is 13.2. The molecule has 1 aliphatic rings. The molecule has 1 unspecified atom stereocenters. The Balaban J connectivity index is 1.75. The van der Waals surface area contributed by atoms with Crippen LogP contribution in [0.25, 0.3) is 0 Å². The van der Waals surface area contributed by atoms with Crippen LogP contribution < -0.4 is 10.1 Å². The number of rotatable bonds is 5. The quantitative estimate of drug-likeness (QED) is 0.908. The number of benzene rings is 2. The lowest BCUT2D eigenvalue weighted by Gasteiger charge is -2.14. The minimum absolute atomic E-state index is 0.158. The summed E-state index contributed by atoms with van der Waals surface area (Å²) < 4.78 is 11.3. The normalized spacial score (nSPS) is 16.2. The summed E-state index contributed by atoms with van der Waals surface area (Å²) in [5.74, 6) is 0.725. The summed E-state index contributed by atoms with van der Waals surface area (Å²) >= 11 is 0. The summed E-state index contributed by atoms with van der Waals surface area (Å²) in [5, 5.41) is 21.6. The van der Waals surface area contributed by atoms with Crippen LogP contribution in [0.2, 0.25) is 0 Å². The Morgan fingerprint density at radius 1 is 1.12 bits per heavy atom. The maximum Gasteiger partial charge on any atom is 0.121 e. The van der Waals surface area contributed by atoms with Gasteiger partial charge in [0.25, 0.3) is 0 Å². The molecule has 1 atom stereocenters. The van der Waals surface area contributed by atoms with E-state index in [9.17, 15) is 10.5 Å². The SMILES string of the molecule is N#Cc1cccc(C#N)c1Nc1cccc(OCC2CCCO2)c1. The third-order valence-corrected chi connectivity index (χ3v) is 3.87. The highest BCUT2D eigenvalue weighted by Gasteiger charge is 2.16. The van der Waals surface area contributed by atoms with Gasteiger partial charge in [-0.05, 0) is 37.1 Å². The van der Waals surface area contributed by atoms with Gasteiger partial charge in [0, 0.05) is 18.4 Å². The Labute approximate surface area is 141 Å². The zero-order chi connectivity index (χ0) is 16.8. The van der Waals surface area contributed by atoms with E-state index in [4.69, 9.17) is 9.47 Å². The molecule has 5 heteroatoms. The summed E-state index contributed by atoms with van der Waals surface area (Å²) in [6.07, 6.45) is 2.27. The molecule has 1 N–H and O–H groups in total. The van der Waals surface area contributed by atoms with Gasteiger partial charge in [-0.3, -0.25) is 0 Å². The van der Waals surface area contributed by atoms with E-state index in [1.165, 1.54) is 0 Å². The molecule has 0 radical (unpaired) electrons. The van der Waals surface area contributed by atoms with Crippen molar-refractivity contribution in [2.24, 2.45) is 0 Å². The van der Waals surface area contributed by atoms with Crippen LogP contribution in [-0.4, -0.2) is 19.3 Å². The van der Waals surface area contributed by atoms with Gasteiger partial charge in [0.2, 0.25) is 0 Å². The Morgan fingerprint density at radius 3 is 2.54 bits per heavy atom. The van der Waals surface area contributed by atoms with Crippen LogP contribution in [0.3, 0.4) is 0 Å². The molecule has 24 heavy (non-hydrogen) atoms. The van der Waals surface area contributed by atoms with E-state index in [-0.39, 0.29) is 6.10 Å². The first-order chi connectivity index (χ1) is 11.8. The molecule has 1 fully saturated rings. The van der Waals surface area contributed by atoms with Gasteiger partial charge >= 0.3 is 0 Å². The lowest BCUT2D eigenvalue weighted by atomic mass is 10.1. The van der Waals surface area contributed by atoms with Crippen molar-refractivity contribution in [2.75, 3.05) is 18.5 Å². The second kappa shape index (κ2) is 7.50. The zero-order valence-corrected chi connectivity index (χ0v) is 13.2. The Morgan fingerprint density at radius 2 is 1.88 bits per heavy atom. The first-order valence-corrected chi connectivity index (χ1v) is 7.85. The highest BCUT2D eigenvalue weighted by atomic mass is 16.5. The number of nitrogens with zero attached hydrogens (tertiary/aromatic N) is 2. The van der Waals surface area contributed by atoms with Crippen LogP contribution in [0.5, 0.6) is 5.75 Å². The maximum absolute atomic E-state index is 9.24. The average Bonchev–Trinajstić information content (AvgIpc) is 3.14. The van der Waals surface area contributed by atoms with Gasteiger partial charge in [-0.15, -0.1) is 0 Å². The number of hydrogen-bond donors (Lipinski definition) is 1. The summed E-state index contributed by atoms with van der Waals surface area (Å²) in [5.41, 5.74) is 2.14. The molecule has 3 rings (SSSR count). The first-order valence-electron chi connectivity index (χ1n) is 7.85. The van der Waals surface area contributed by atoms with Crippen LogP contribution in [0.15, 0.2) is 42.5 Å². The van der Waals surface area contributed by atoms with Crippen LogP contribution in [-0.2, 0) is 4.74 Å². The number of anilines is 2. The predicted octanol–water partition coefficient (Wildman–Crippen LogP) is 3.73. The third kappa shape index (κ3) is 3.65. The number of nitriles is 2. The van der Waals surface area contributed by atoms with E-state index in [0.29, 0.717) is 23.4 Å². The summed E-state index contributed by atoms with van der Waals surface area (Å²) in [7, 11) is 0. The van der Waals surface area contributed by atoms with E-state index < -0.39 is 0 Å². The van der Waals surface area contributed by atoms with Crippen molar-refractivity contribution < 1.29 is 9.47 Å². The summed E-state index contributed by atoms with van der Waals surface area (Å²) in [6, 6.07) is 16.7. The van der Waals surface area contributed by atoms with Crippen molar-refractivity contribution in [3.05, 3.63) is 53.6 Å². The second-order valence-corrected chi connectivity index (χ2v) is 5.55. The van der Waals surface area contributed by atoms with E-state index in [1.807, 2.05) is 24.3 Å². The average molecular weight is 319 g/mol. The largest absolute Gasteiger partial charge is 0.491 e. The van der Waals surface area contributed by atoms with E-state index in [0.717, 1.165) is 30.9 Å². The fourth-order valence-corrected chi connectivity index (χ4v) is 2.65. The highest BCUT2D eigenvalue weighted by Crippen LogP contribution is 2.27. The second-order valence-electron chi connectivity index (χ2n) is 5.55. The molecule has 1 heterocycles. The van der Waals surface area contributed by atoms with E-state index >= 15 is 0 Å². The molecule has 1 aliphatic heterocycles. The van der Waals surface area contributed by atoms with Crippen LogP contribution >= 0.6 is 0 Å². The number of hydrogen-bond acceptors (Lipinski definition) is 5. The molecule has 0 aromatic heterocycles. The molecular weight excluding hydrogens is 302 g/mol. The van der Waals surface area contributed by atoms with Gasteiger partial charge in [0.1, 0.15) is 24.5 Å². The minimum atomic E-state index is 0.158. The molecule has 1 saturated heterocycles. The van der Waals surface area contributed by atoms with Crippen LogP contribution in [0, 0.1) is 22.7 Å². The number of ether oxygens (including phenoxy) is 2. The van der Waals surface area contributed by atoms with Gasteiger partial charge in [0.05, 0.1) is 22.9 Å². The predicted molar refractivity (Wildman–Crippen MR) is 90.1 cm³/mol. The Hall–Kier alpha value is -3.02. The van der Waals surface area contributed by atoms with Crippen molar-refractivity contribution in [2.45, 2.75) is 18.9 Å². The molecule has 2 aromatic carbocycles. The van der Waals surface area contributed by atoms with Gasteiger partial charge in [-0.1, -0.05) is 12.1 Å². The Kier molecular flexibility index (Phi) is 4.96. The molecule has 0 saturated carbocycles. The topological polar surface area (TPSA) is 78.1 Å². The molecule has 2 aromatic rings. The molecule has 5 nitrogen and oxygen atoms in total. The molecule has 0 amide bonds. The first kappa shape index (κ1) is 15.9. The highest BCUT2D eigenvalue weighted by molar-refractivity contribution is 5.73. The third-order valence-electron chi connectivity index (χ3n) is 3.87. The van der Waals surface area contributed by atoms with Crippen molar-refractivity contribution in [1.29, 1.82) is 10.5 Å². The summed E-state index contributed by atoms with van der Waals surface area (Å²) in [6.45, 7) is 1.33. The van der Waals surface area contributed by atoms with Crippen molar-refractivity contribution in [3.63, 3.8) is 0 Å². The summed E-state index contributed by atoms with van der Waals surface area (Å²) in [4.78, 5) is 0. The number of nitrogens with one attached hydrogen (secondary N) is 1. The smallest absolute Gasteiger partial charge is 0.121 e. The molecule has 0 aliphatic carbocycles. The van der Waals surface area contributed by atoms with Crippen molar-refractivity contribution in [1.82, 2.24) is 0 Å². The van der Waals surface area contributed by atoms with Gasteiger partial charge in [-0.2, -0.15) is 10.5 Å². The van der Waals surface area contributed by atoms with Crippen LogP contribution in [0.4, 0.5) is 11.4 Å². The standard InChI is InChI=1S/C19H17N3O2/c20-11-14-4-1-5-15(12-21)19(14)22-16-6-2-7-17(10-16)24-13-18-8-3-9-23-18/h1-2,4-7,10,18,22H,3,8-9,13H2. The van der Waals surface area contributed by atoms with Gasteiger partial charge in [-0.25, -0.2) is 0 Å². The lowest BCUT2D eigenvalue weighted by molar-refractivity contribution is 0.0680.